The topological polar surface area (TPSA) is 83.1 Å². The van der Waals surface area contributed by atoms with E-state index in [1.165, 1.54) is 0 Å². The lowest BCUT2D eigenvalue weighted by molar-refractivity contribution is 1.28. The molecule has 0 fully saturated rings. The Balaban J connectivity index is 0.00000204. The number of nitrogens with one attached hydrogen (secondary N) is 2. The molecule has 0 aliphatic heterocycles. The highest BCUT2D eigenvalue weighted by Crippen LogP contribution is 2.29. The third kappa shape index (κ3) is 3.43. The summed E-state index contributed by atoms with van der Waals surface area (Å²) in [4.78, 5) is 24.4. The van der Waals surface area contributed by atoms with Crippen LogP contribution >= 0.6 is 12.4 Å². The third-order valence-corrected chi connectivity index (χ3v) is 5.20. The number of H-pyrrole nitrogens is 2. The maximum Gasteiger partial charge on any atom is 0.138 e. The van der Waals surface area contributed by atoms with Crippen LogP contribution in [0.25, 0.3) is 56.0 Å². The van der Waals surface area contributed by atoms with E-state index in [4.69, 9.17) is 9.97 Å². The van der Waals surface area contributed by atoms with Crippen LogP contribution < -0.4 is 0 Å². The second-order valence-corrected chi connectivity index (χ2v) is 7.11. The highest BCUT2D eigenvalue weighted by atomic mass is 35.5. The van der Waals surface area contributed by atoms with Gasteiger partial charge in [-0.2, -0.15) is 0 Å². The molecule has 0 aliphatic rings. The molecule has 0 saturated heterocycles. The maximum atomic E-state index is 4.70. The minimum atomic E-state index is 0. The van der Waals surface area contributed by atoms with E-state index in [9.17, 15) is 0 Å². The molecular weight excluding hydrogens is 408 g/mol. The molecule has 0 saturated carbocycles. The van der Waals surface area contributed by atoms with E-state index in [2.05, 4.69) is 44.2 Å². The number of aromatic amines is 2. The van der Waals surface area contributed by atoms with E-state index in [0.717, 1.165) is 56.0 Å². The minimum absolute atomic E-state index is 0. The number of aromatic nitrogens is 6. The second-order valence-electron chi connectivity index (χ2n) is 7.11. The molecule has 31 heavy (non-hydrogen) atoms. The fourth-order valence-corrected chi connectivity index (χ4v) is 3.67. The van der Waals surface area contributed by atoms with Gasteiger partial charge in [-0.05, 0) is 59.7 Å². The lowest BCUT2D eigenvalue weighted by Gasteiger charge is -2.01. The molecule has 6 aromatic rings. The van der Waals surface area contributed by atoms with Crippen molar-refractivity contribution in [2.75, 3.05) is 0 Å². The van der Waals surface area contributed by atoms with E-state index in [-0.39, 0.29) is 12.4 Å². The van der Waals surface area contributed by atoms with Crippen LogP contribution in [0.15, 0.2) is 85.5 Å². The van der Waals surface area contributed by atoms with Gasteiger partial charge in [-0.3, -0.25) is 9.97 Å². The summed E-state index contributed by atoms with van der Waals surface area (Å²) in [6.45, 7) is 0. The number of pyridine rings is 2. The van der Waals surface area contributed by atoms with Crippen LogP contribution in [0.2, 0.25) is 0 Å². The molecule has 4 heterocycles. The summed E-state index contributed by atoms with van der Waals surface area (Å²) in [5, 5.41) is 0. The predicted molar refractivity (Wildman–Crippen MR) is 125 cm³/mol. The Morgan fingerprint density at radius 1 is 0.484 bits per heavy atom. The van der Waals surface area contributed by atoms with Crippen molar-refractivity contribution in [1.82, 2.24) is 29.9 Å². The van der Waals surface area contributed by atoms with E-state index in [1.807, 2.05) is 36.4 Å². The van der Waals surface area contributed by atoms with Crippen LogP contribution in [0.5, 0.6) is 0 Å². The smallest absolute Gasteiger partial charge is 0.138 e. The molecule has 0 bridgehead atoms. The molecule has 150 valence electrons. The van der Waals surface area contributed by atoms with Gasteiger partial charge in [-0.15, -0.1) is 12.4 Å². The number of hydrogen-bond acceptors (Lipinski definition) is 4. The first-order valence-electron chi connectivity index (χ1n) is 9.64. The molecule has 4 aromatic heterocycles. The van der Waals surface area contributed by atoms with E-state index < -0.39 is 0 Å². The van der Waals surface area contributed by atoms with Crippen molar-refractivity contribution in [3.05, 3.63) is 85.5 Å². The Kier molecular flexibility index (Phi) is 4.69. The average molecular weight is 425 g/mol. The number of rotatable bonds is 3. The Labute approximate surface area is 183 Å². The number of hydrogen-bond donors (Lipinski definition) is 2. The first-order valence-corrected chi connectivity index (χ1v) is 9.64. The lowest BCUT2D eigenvalue weighted by Crippen LogP contribution is -1.80. The van der Waals surface area contributed by atoms with E-state index in [0.29, 0.717) is 0 Å². The zero-order valence-corrected chi connectivity index (χ0v) is 17.1. The van der Waals surface area contributed by atoms with Crippen LogP contribution in [-0.4, -0.2) is 29.9 Å². The fraction of sp³-hybridized carbons (Fsp3) is 0. The van der Waals surface area contributed by atoms with Gasteiger partial charge >= 0.3 is 0 Å². The van der Waals surface area contributed by atoms with E-state index >= 15 is 0 Å². The summed E-state index contributed by atoms with van der Waals surface area (Å²) in [6, 6.07) is 20.4. The first kappa shape index (κ1) is 19.0. The number of imidazole rings is 2. The van der Waals surface area contributed by atoms with Crippen molar-refractivity contribution in [2.24, 2.45) is 0 Å². The van der Waals surface area contributed by atoms with Gasteiger partial charge in [-0.25, -0.2) is 9.97 Å². The minimum Gasteiger partial charge on any atom is -0.338 e. The third-order valence-electron chi connectivity index (χ3n) is 5.20. The average Bonchev–Trinajstić information content (AvgIpc) is 3.43. The largest absolute Gasteiger partial charge is 0.338 e. The van der Waals surface area contributed by atoms with Crippen molar-refractivity contribution < 1.29 is 0 Å². The summed E-state index contributed by atoms with van der Waals surface area (Å²) in [5.41, 5.74) is 8.16. The molecule has 0 atom stereocenters. The molecule has 0 radical (unpaired) electrons. The number of benzene rings is 2. The molecule has 2 aromatic carbocycles. The van der Waals surface area contributed by atoms with Crippen LogP contribution in [0, 0.1) is 0 Å². The van der Waals surface area contributed by atoms with Gasteiger partial charge in [0.15, 0.2) is 0 Å². The quantitative estimate of drug-likeness (QED) is 0.384. The number of halogens is 1. The molecular formula is C24H17ClN6. The number of nitrogens with zero attached hydrogens (tertiary/aromatic N) is 4. The fourth-order valence-electron chi connectivity index (χ4n) is 3.67. The highest BCUT2D eigenvalue weighted by Gasteiger charge is 2.09. The summed E-state index contributed by atoms with van der Waals surface area (Å²) in [5.74, 6) is 1.69. The van der Waals surface area contributed by atoms with Crippen molar-refractivity contribution in [1.29, 1.82) is 0 Å². The van der Waals surface area contributed by atoms with Gasteiger partial charge in [-0.1, -0.05) is 12.1 Å². The van der Waals surface area contributed by atoms with Gasteiger partial charge in [0, 0.05) is 35.9 Å². The van der Waals surface area contributed by atoms with Gasteiger partial charge in [0.25, 0.3) is 0 Å². The van der Waals surface area contributed by atoms with Crippen molar-refractivity contribution in [2.45, 2.75) is 0 Å². The molecule has 6 nitrogen and oxygen atoms in total. The van der Waals surface area contributed by atoms with Crippen LogP contribution in [0.3, 0.4) is 0 Å². The molecule has 0 aliphatic carbocycles. The molecule has 0 spiro atoms. The Morgan fingerprint density at radius 2 is 0.903 bits per heavy atom. The number of fused-ring (bicyclic) bond motifs is 2. The molecule has 0 amide bonds. The van der Waals surface area contributed by atoms with Gasteiger partial charge < -0.3 is 9.97 Å². The highest BCUT2D eigenvalue weighted by molar-refractivity contribution is 5.88. The zero-order chi connectivity index (χ0) is 19.9. The van der Waals surface area contributed by atoms with Gasteiger partial charge in [0.05, 0.1) is 22.1 Å². The Hall–Kier alpha value is -4.03. The van der Waals surface area contributed by atoms with Crippen molar-refractivity contribution in [3.8, 4) is 33.9 Å². The Bertz CT molecular complexity index is 1370. The molecule has 6 rings (SSSR count). The zero-order valence-electron chi connectivity index (χ0n) is 16.3. The molecule has 2 N–H and O–H groups in total. The predicted octanol–water partition coefficient (Wildman–Crippen LogP) is 5.65. The second kappa shape index (κ2) is 7.66. The first-order chi connectivity index (χ1) is 14.8. The Morgan fingerprint density at radius 3 is 1.32 bits per heavy atom. The normalized spacial score (nSPS) is 11.0. The van der Waals surface area contributed by atoms with Crippen LogP contribution in [0.1, 0.15) is 0 Å². The van der Waals surface area contributed by atoms with Gasteiger partial charge in [0.1, 0.15) is 11.6 Å². The maximum absolute atomic E-state index is 4.70. The van der Waals surface area contributed by atoms with Crippen LogP contribution in [0.4, 0.5) is 0 Å². The summed E-state index contributed by atoms with van der Waals surface area (Å²) in [7, 11) is 0. The summed E-state index contributed by atoms with van der Waals surface area (Å²) >= 11 is 0. The molecule has 0 unspecified atom stereocenters. The monoisotopic (exact) mass is 424 g/mol. The SMILES string of the molecule is Cl.c1cc(-c2nc3ccc(-c4ccc5nc(-c6ccncc6)[nH]c5c4)cc3[nH]2)ccn1. The van der Waals surface area contributed by atoms with Crippen molar-refractivity contribution >= 4 is 34.5 Å². The van der Waals surface area contributed by atoms with Crippen LogP contribution in [-0.2, 0) is 0 Å². The standard InChI is InChI=1S/C24H16N6.ClH/c1-3-19-21(29-23(27-19)15-5-9-25-10-6-15)13-17(1)18-2-4-20-22(14-18)30-24(28-20)16-7-11-26-12-8-16;/h1-14H,(H,27,29)(H,28,30);1H. The van der Waals surface area contributed by atoms with Gasteiger partial charge in [0.2, 0.25) is 0 Å². The van der Waals surface area contributed by atoms with Crippen molar-refractivity contribution in [3.63, 3.8) is 0 Å². The summed E-state index contributed by atoms with van der Waals surface area (Å²) < 4.78 is 0. The lowest BCUT2D eigenvalue weighted by atomic mass is 10.0. The van der Waals surface area contributed by atoms with E-state index in [1.54, 1.807) is 24.8 Å². The summed E-state index contributed by atoms with van der Waals surface area (Å²) in [6.07, 6.45) is 7.09. The molecule has 7 heteroatoms.